The molecule has 7 heteroatoms. The molecule has 4 rings (SSSR count). The summed E-state index contributed by atoms with van der Waals surface area (Å²) in [6, 6.07) is 10.9. The van der Waals surface area contributed by atoms with Crippen LogP contribution < -0.4 is 0 Å². The molecule has 0 aliphatic carbocycles. The Bertz CT molecular complexity index is 836. The highest BCUT2D eigenvalue weighted by atomic mass is 32.2. The van der Waals surface area contributed by atoms with Gasteiger partial charge in [-0.25, -0.2) is 0 Å². The molecular formula is C19H24N4OS2. The number of rotatable bonds is 7. The van der Waals surface area contributed by atoms with Crippen LogP contribution in [-0.2, 0) is 24.4 Å². The van der Waals surface area contributed by atoms with Crippen molar-refractivity contribution in [1.82, 2.24) is 19.7 Å². The fraction of sp³-hybridized carbons (Fsp3) is 0.474. The maximum absolute atomic E-state index is 5.82. The maximum atomic E-state index is 5.82. The van der Waals surface area contributed by atoms with Gasteiger partial charge in [-0.2, -0.15) is 0 Å². The van der Waals surface area contributed by atoms with Gasteiger partial charge < -0.3 is 9.30 Å². The van der Waals surface area contributed by atoms with Gasteiger partial charge in [0.05, 0.1) is 19.2 Å². The summed E-state index contributed by atoms with van der Waals surface area (Å²) in [6.45, 7) is 3.44. The Morgan fingerprint density at radius 3 is 2.96 bits per heavy atom. The minimum absolute atomic E-state index is 0.295. The van der Waals surface area contributed by atoms with Gasteiger partial charge >= 0.3 is 0 Å². The number of thioether (sulfide) groups is 1. The molecular weight excluding hydrogens is 364 g/mol. The molecule has 1 saturated heterocycles. The van der Waals surface area contributed by atoms with Crippen LogP contribution in [0.5, 0.6) is 0 Å². The van der Waals surface area contributed by atoms with Gasteiger partial charge in [-0.1, -0.05) is 30.0 Å². The van der Waals surface area contributed by atoms with E-state index < -0.39 is 0 Å². The molecule has 1 aliphatic rings. The molecule has 26 heavy (non-hydrogen) atoms. The average Bonchev–Trinajstić information content (AvgIpc) is 3.35. The van der Waals surface area contributed by atoms with Crippen molar-refractivity contribution in [2.24, 2.45) is 0 Å². The second-order valence-corrected chi connectivity index (χ2v) is 8.71. The lowest BCUT2D eigenvalue weighted by Crippen LogP contribution is -2.23. The van der Waals surface area contributed by atoms with E-state index in [1.165, 1.54) is 15.0 Å². The molecule has 3 aromatic rings. The summed E-state index contributed by atoms with van der Waals surface area (Å²) in [7, 11) is 2.15. The molecule has 5 nitrogen and oxygen atoms in total. The van der Waals surface area contributed by atoms with E-state index in [9.17, 15) is 0 Å². The van der Waals surface area contributed by atoms with Crippen LogP contribution >= 0.6 is 23.1 Å². The number of nitrogens with zero attached hydrogens (tertiary/aromatic N) is 4. The number of ether oxygens (including phenoxy) is 1. The molecule has 0 spiro atoms. The quantitative estimate of drug-likeness (QED) is 0.572. The van der Waals surface area contributed by atoms with Crippen LogP contribution in [0.1, 0.15) is 23.5 Å². The summed E-state index contributed by atoms with van der Waals surface area (Å²) in [6.07, 6.45) is 4.63. The molecule has 1 aromatic carbocycles. The minimum atomic E-state index is 0.295. The molecule has 2 aromatic heterocycles. The van der Waals surface area contributed by atoms with Gasteiger partial charge in [0.1, 0.15) is 5.82 Å². The average molecular weight is 389 g/mol. The van der Waals surface area contributed by atoms with Gasteiger partial charge in [-0.15, -0.1) is 21.5 Å². The maximum Gasteiger partial charge on any atom is 0.191 e. The first-order valence-corrected chi connectivity index (χ1v) is 11.0. The van der Waals surface area contributed by atoms with E-state index in [-0.39, 0.29) is 0 Å². The SMILES string of the molecule is CSc1nnc(CN(C)Cc2cc3ccccc3s2)n1C[C@@H]1CCCO1. The first kappa shape index (κ1) is 18.0. The van der Waals surface area contributed by atoms with Crippen LogP contribution in [0.3, 0.4) is 0 Å². The Kier molecular flexibility index (Phi) is 5.59. The highest BCUT2D eigenvalue weighted by Crippen LogP contribution is 2.26. The van der Waals surface area contributed by atoms with Crippen molar-refractivity contribution < 1.29 is 4.74 Å². The van der Waals surface area contributed by atoms with E-state index >= 15 is 0 Å². The standard InChI is InChI=1S/C19H24N4OS2/c1-22(12-16-10-14-6-3-4-8-17(14)26-16)13-18-20-21-19(25-2)23(18)11-15-7-5-9-24-15/h3-4,6,8,10,15H,5,7,9,11-13H2,1-2H3/t15-/m0/s1. The Morgan fingerprint density at radius 2 is 2.19 bits per heavy atom. The van der Waals surface area contributed by atoms with E-state index in [0.29, 0.717) is 6.10 Å². The second-order valence-electron chi connectivity index (χ2n) is 6.77. The lowest BCUT2D eigenvalue weighted by molar-refractivity contribution is 0.0934. The van der Waals surface area contributed by atoms with Crippen molar-refractivity contribution in [1.29, 1.82) is 0 Å². The highest BCUT2D eigenvalue weighted by molar-refractivity contribution is 7.98. The number of aromatic nitrogens is 3. The number of fused-ring (bicyclic) bond motifs is 1. The molecule has 1 atom stereocenters. The Labute approximate surface area is 162 Å². The Hall–Kier alpha value is -1.41. The van der Waals surface area contributed by atoms with Crippen LogP contribution in [0.15, 0.2) is 35.5 Å². The summed E-state index contributed by atoms with van der Waals surface area (Å²) in [4.78, 5) is 3.69. The predicted octanol–water partition coefficient (Wildman–Crippen LogP) is 4.03. The number of hydrogen-bond acceptors (Lipinski definition) is 6. The zero-order valence-electron chi connectivity index (χ0n) is 15.2. The fourth-order valence-corrected chi connectivity index (χ4v) is 5.11. The third kappa shape index (κ3) is 3.96. The third-order valence-corrected chi connectivity index (χ3v) is 6.47. The largest absolute Gasteiger partial charge is 0.376 e. The summed E-state index contributed by atoms with van der Waals surface area (Å²) in [5, 5.41) is 11.1. The topological polar surface area (TPSA) is 43.2 Å². The number of hydrogen-bond donors (Lipinski definition) is 0. The Morgan fingerprint density at radius 1 is 1.31 bits per heavy atom. The third-order valence-electron chi connectivity index (χ3n) is 4.70. The van der Waals surface area contributed by atoms with Crippen LogP contribution in [-0.4, -0.2) is 45.7 Å². The van der Waals surface area contributed by atoms with Crippen molar-refractivity contribution >= 4 is 33.2 Å². The van der Waals surface area contributed by atoms with Gasteiger partial charge in [-0.05, 0) is 43.7 Å². The fourth-order valence-electron chi connectivity index (χ4n) is 3.44. The molecule has 0 amide bonds. The first-order valence-electron chi connectivity index (χ1n) is 8.96. The molecule has 0 unspecified atom stereocenters. The summed E-state index contributed by atoms with van der Waals surface area (Å²) in [5.41, 5.74) is 0. The second kappa shape index (κ2) is 8.08. The molecule has 1 fully saturated rings. The van der Waals surface area contributed by atoms with Crippen molar-refractivity contribution in [2.45, 2.75) is 43.7 Å². The van der Waals surface area contributed by atoms with Crippen molar-refractivity contribution in [3.05, 3.63) is 41.0 Å². The van der Waals surface area contributed by atoms with E-state index in [2.05, 4.69) is 63.3 Å². The molecule has 138 valence electrons. The van der Waals surface area contributed by atoms with Gasteiger partial charge in [-0.3, -0.25) is 4.90 Å². The van der Waals surface area contributed by atoms with E-state index in [1.807, 2.05) is 11.3 Å². The Balaban J connectivity index is 1.46. The van der Waals surface area contributed by atoms with Crippen molar-refractivity contribution in [3.63, 3.8) is 0 Å². The van der Waals surface area contributed by atoms with Crippen LogP contribution in [0.4, 0.5) is 0 Å². The minimum Gasteiger partial charge on any atom is -0.376 e. The molecule has 1 aliphatic heterocycles. The van der Waals surface area contributed by atoms with Crippen LogP contribution in [0.25, 0.3) is 10.1 Å². The number of benzene rings is 1. The highest BCUT2D eigenvalue weighted by Gasteiger charge is 2.21. The van der Waals surface area contributed by atoms with Crippen molar-refractivity contribution in [2.75, 3.05) is 19.9 Å². The van der Waals surface area contributed by atoms with E-state index in [4.69, 9.17) is 4.74 Å². The van der Waals surface area contributed by atoms with E-state index in [0.717, 1.165) is 50.1 Å². The molecule has 3 heterocycles. The predicted molar refractivity (Wildman–Crippen MR) is 108 cm³/mol. The summed E-state index contributed by atoms with van der Waals surface area (Å²) < 4.78 is 9.40. The van der Waals surface area contributed by atoms with Gasteiger partial charge in [0.25, 0.3) is 0 Å². The molecule has 0 saturated carbocycles. The van der Waals surface area contributed by atoms with E-state index in [1.54, 1.807) is 11.8 Å². The molecule has 0 bridgehead atoms. The monoisotopic (exact) mass is 388 g/mol. The van der Waals surface area contributed by atoms with Crippen molar-refractivity contribution in [3.8, 4) is 0 Å². The zero-order chi connectivity index (χ0) is 17.9. The number of thiophene rings is 1. The smallest absolute Gasteiger partial charge is 0.191 e. The van der Waals surface area contributed by atoms with Gasteiger partial charge in [0.2, 0.25) is 0 Å². The van der Waals surface area contributed by atoms with Gasteiger partial charge in [0.15, 0.2) is 5.16 Å². The normalized spacial score (nSPS) is 17.6. The molecule has 0 N–H and O–H groups in total. The zero-order valence-corrected chi connectivity index (χ0v) is 16.9. The summed E-state index contributed by atoms with van der Waals surface area (Å²) in [5.74, 6) is 1.02. The lowest BCUT2D eigenvalue weighted by Gasteiger charge is -2.18. The lowest BCUT2D eigenvalue weighted by atomic mass is 10.2. The first-order chi connectivity index (χ1) is 12.7. The van der Waals surface area contributed by atoms with Gasteiger partial charge in [0, 0.05) is 22.7 Å². The van der Waals surface area contributed by atoms with Crippen LogP contribution in [0, 0.1) is 0 Å². The summed E-state index contributed by atoms with van der Waals surface area (Å²) >= 11 is 3.52. The van der Waals surface area contributed by atoms with Crippen LogP contribution in [0.2, 0.25) is 0 Å². The molecule has 0 radical (unpaired) electrons.